The monoisotopic (exact) mass is 262 g/mol. The van der Waals surface area contributed by atoms with E-state index in [1.807, 2.05) is 0 Å². The highest BCUT2D eigenvalue weighted by molar-refractivity contribution is 5.55. The molecule has 0 radical (unpaired) electrons. The minimum atomic E-state index is -0.311. The Morgan fingerprint density at radius 1 is 1.32 bits per heavy atom. The van der Waals surface area contributed by atoms with Crippen LogP contribution in [-0.2, 0) is 0 Å². The van der Waals surface area contributed by atoms with Crippen LogP contribution >= 0.6 is 0 Å². The van der Waals surface area contributed by atoms with Gasteiger partial charge in [-0.25, -0.2) is 4.39 Å². The standard InChI is InChI=1S/C13H15FN4O/c14-11-5-3-4-10(8-11)12-16-13(19-17-12)15-9-18-6-1-2-7-18/h3-5,8H,1-2,6-7,9H2,(H,15,16,17). The second-order valence-electron chi connectivity index (χ2n) is 4.59. The van der Waals surface area contributed by atoms with Gasteiger partial charge in [0.25, 0.3) is 0 Å². The molecule has 2 aromatic rings. The van der Waals surface area contributed by atoms with E-state index >= 15 is 0 Å². The summed E-state index contributed by atoms with van der Waals surface area (Å²) in [5.74, 6) is 0.0808. The summed E-state index contributed by atoms with van der Waals surface area (Å²) in [4.78, 5) is 6.48. The third kappa shape index (κ3) is 2.90. The van der Waals surface area contributed by atoms with Crippen molar-refractivity contribution in [3.8, 4) is 11.4 Å². The maximum absolute atomic E-state index is 13.1. The van der Waals surface area contributed by atoms with Gasteiger partial charge < -0.3 is 9.84 Å². The molecule has 0 unspecified atom stereocenters. The van der Waals surface area contributed by atoms with E-state index in [9.17, 15) is 4.39 Å². The quantitative estimate of drug-likeness (QED) is 0.916. The molecule has 3 rings (SSSR count). The fourth-order valence-electron chi connectivity index (χ4n) is 2.16. The molecule has 1 aliphatic rings. The molecular weight excluding hydrogens is 247 g/mol. The van der Waals surface area contributed by atoms with Gasteiger partial charge >= 0.3 is 6.01 Å². The third-order valence-corrected chi connectivity index (χ3v) is 3.16. The molecule has 6 heteroatoms. The molecule has 0 aliphatic carbocycles. The number of aromatic nitrogens is 2. The summed E-state index contributed by atoms with van der Waals surface area (Å²) in [6, 6.07) is 6.51. The predicted octanol–water partition coefficient (Wildman–Crippen LogP) is 2.34. The van der Waals surface area contributed by atoms with Crippen LogP contribution < -0.4 is 5.32 Å². The lowest BCUT2D eigenvalue weighted by atomic mass is 10.2. The van der Waals surface area contributed by atoms with Crippen molar-refractivity contribution in [2.75, 3.05) is 25.1 Å². The van der Waals surface area contributed by atoms with Gasteiger partial charge in [-0.15, -0.1) is 0 Å². The van der Waals surface area contributed by atoms with E-state index in [1.54, 1.807) is 12.1 Å². The van der Waals surface area contributed by atoms with Crippen LogP contribution in [0.5, 0.6) is 0 Å². The van der Waals surface area contributed by atoms with Gasteiger partial charge in [-0.3, -0.25) is 4.90 Å². The predicted molar refractivity (Wildman–Crippen MR) is 69.0 cm³/mol. The first-order valence-electron chi connectivity index (χ1n) is 6.37. The summed E-state index contributed by atoms with van der Waals surface area (Å²) in [7, 11) is 0. The molecule has 0 atom stereocenters. The van der Waals surface area contributed by atoms with E-state index in [2.05, 4.69) is 20.4 Å². The molecular formula is C13H15FN4O. The molecule has 2 heterocycles. The van der Waals surface area contributed by atoms with Crippen molar-refractivity contribution in [3.05, 3.63) is 30.1 Å². The highest BCUT2D eigenvalue weighted by Crippen LogP contribution is 2.18. The number of nitrogens with zero attached hydrogens (tertiary/aromatic N) is 3. The Morgan fingerprint density at radius 2 is 2.16 bits per heavy atom. The summed E-state index contributed by atoms with van der Waals surface area (Å²) in [5.41, 5.74) is 0.609. The lowest BCUT2D eigenvalue weighted by Gasteiger charge is -2.13. The molecule has 0 spiro atoms. The molecule has 100 valence electrons. The second-order valence-corrected chi connectivity index (χ2v) is 4.59. The summed E-state index contributed by atoms with van der Waals surface area (Å²) < 4.78 is 18.2. The van der Waals surface area contributed by atoms with E-state index in [-0.39, 0.29) is 5.82 Å². The van der Waals surface area contributed by atoms with Crippen molar-refractivity contribution in [1.82, 2.24) is 15.0 Å². The minimum Gasteiger partial charge on any atom is -0.325 e. The average molecular weight is 262 g/mol. The SMILES string of the molecule is Fc1cccc(-c2noc(NCN3CCCC3)n2)c1. The Kier molecular flexibility index (Phi) is 3.41. The Labute approximate surface area is 110 Å². The first-order chi connectivity index (χ1) is 9.31. The molecule has 19 heavy (non-hydrogen) atoms. The summed E-state index contributed by atoms with van der Waals surface area (Å²) in [5, 5.41) is 6.92. The van der Waals surface area contributed by atoms with Crippen molar-refractivity contribution >= 4 is 6.01 Å². The number of hydrogen-bond acceptors (Lipinski definition) is 5. The molecule has 0 amide bonds. The number of rotatable bonds is 4. The number of anilines is 1. The molecule has 1 fully saturated rings. The van der Waals surface area contributed by atoms with E-state index < -0.39 is 0 Å². The van der Waals surface area contributed by atoms with Crippen LogP contribution in [0.1, 0.15) is 12.8 Å². The molecule has 0 saturated carbocycles. The Balaban J connectivity index is 1.65. The Hall–Kier alpha value is -1.95. The van der Waals surface area contributed by atoms with Crippen LogP contribution in [0.2, 0.25) is 0 Å². The summed E-state index contributed by atoms with van der Waals surface area (Å²) in [6.07, 6.45) is 2.47. The summed E-state index contributed by atoms with van der Waals surface area (Å²) >= 11 is 0. The zero-order chi connectivity index (χ0) is 13.1. The van der Waals surface area contributed by atoms with E-state index in [0.29, 0.717) is 24.1 Å². The van der Waals surface area contributed by atoms with Gasteiger partial charge in [0.15, 0.2) is 0 Å². The molecule has 1 N–H and O–H groups in total. The minimum absolute atomic E-state index is 0.311. The highest BCUT2D eigenvalue weighted by atomic mass is 19.1. The fourth-order valence-corrected chi connectivity index (χ4v) is 2.16. The Morgan fingerprint density at radius 3 is 2.95 bits per heavy atom. The Bertz CT molecular complexity index is 551. The van der Waals surface area contributed by atoms with Gasteiger partial charge in [0.1, 0.15) is 5.82 Å². The maximum Gasteiger partial charge on any atom is 0.322 e. The number of halogens is 1. The lowest BCUT2D eigenvalue weighted by molar-refractivity contribution is 0.352. The lowest BCUT2D eigenvalue weighted by Crippen LogP contribution is -2.26. The highest BCUT2D eigenvalue weighted by Gasteiger charge is 2.13. The molecule has 1 aromatic heterocycles. The van der Waals surface area contributed by atoms with Crippen LogP contribution in [0.15, 0.2) is 28.8 Å². The number of benzene rings is 1. The van der Waals surface area contributed by atoms with Crippen molar-refractivity contribution in [3.63, 3.8) is 0 Å². The van der Waals surface area contributed by atoms with Crippen LogP contribution in [-0.4, -0.2) is 34.8 Å². The first-order valence-corrected chi connectivity index (χ1v) is 6.37. The fraction of sp³-hybridized carbons (Fsp3) is 0.385. The van der Waals surface area contributed by atoms with Gasteiger partial charge in [0, 0.05) is 5.56 Å². The van der Waals surface area contributed by atoms with E-state index in [4.69, 9.17) is 4.52 Å². The number of hydrogen-bond donors (Lipinski definition) is 1. The van der Waals surface area contributed by atoms with Gasteiger partial charge in [-0.1, -0.05) is 17.3 Å². The zero-order valence-corrected chi connectivity index (χ0v) is 10.5. The molecule has 1 aromatic carbocycles. The van der Waals surface area contributed by atoms with Crippen molar-refractivity contribution < 1.29 is 8.91 Å². The van der Waals surface area contributed by atoms with Gasteiger partial charge in [-0.2, -0.15) is 4.98 Å². The molecule has 0 bridgehead atoms. The third-order valence-electron chi connectivity index (χ3n) is 3.16. The number of likely N-dealkylation sites (tertiary alicyclic amines) is 1. The molecule has 1 saturated heterocycles. The van der Waals surface area contributed by atoms with Crippen molar-refractivity contribution in [2.45, 2.75) is 12.8 Å². The summed E-state index contributed by atoms with van der Waals surface area (Å²) in [6.45, 7) is 2.89. The van der Waals surface area contributed by atoms with E-state index in [1.165, 1.54) is 25.0 Å². The average Bonchev–Trinajstić information content (AvgIpc) is 3.08. The topological polar surface area (TPSA) is 54.2 Å². The largest absolute Gasteiger partial charge is 0.325 e. The second kappa shape index (κ2) is 5.36. The van der Waals surface area contributed by atoms with Crippen LogP contribution in [0, 0.1) is 5.82 Å². The smallest absolute Gasteiger partial charge is 0.322 e. The first kappa shape index (κ1) is 12.1. The normalized spacial score (nSPS) is 15.8. The molecule has 1 aliphatic heterocycles. The van der Waals surface area contributed by atoms with Crippen molar-refractivity contribution in [2.24, 2.45) is 0 Å². The maximum atomic E-state index is 13.1. The van der Waals surface area contributed by atoms with Gasteiger partial charge in [-0.05, 0) is 38.1 Å². The number of nitrogens with one attached hydrogen (secondary N) is 1. The zero-order valence-electron chi connectivity index (χ0n) is 10.5. The van der Waals surface area contributed by atoms with Crippen LogP contribution in [0.25, 0.3) is 11.4 Å². The van der Waals surface area contributed by atoms with Crippen LogP contribution in [0.4, 0.5) is 10.4 Å². The van der Waals surface area contributed by atoms with Gasteiger partial charge in [0.2, 0.25) is 5.82 Å². The van der Waals surface area contributed by atoms with E-state index in [0.717, 1.165) is 13.1 Å². The molecule has 5 nitrogen and oxygen atoms in total. The van der Waals surface area contributed by atoms with Crippen LogP contribution in [0.3, 0.4) is 0 Å². The van der Waals surface area contributed by atoms with Crippen molar-refractivity contribution in [1.29, 1.82) is 0 Å². The van der Waals surface area contributed by atoms with Gasteiger partial charge in [0.05, 0.1) is 6.67 Å².